The van der Waals surface area contributed by atoms with Crippen molar-refractivity contribution in [3.05, 3.63) is 35.8 Å². The first kappa shape index (κ1) is 16.7. The van der Waals surface area contributed by atoms with Crippen molar-refractivity contribution in [2.45, 2.75) is 31.6 Å². The zero-order valence-electron chi connectivity index (χ0n) is 13.3. The zero-order chi connectivity index (χ0) is 17.2. The van der Waals surface area contributed by atoms with Gasteiger partial charge in [-0.25, -0.2) is 9.67 Å². The minimum atomic E-state index is -4.39. The number of piperidine rings is 1. The Morgan fingerprint density at radius 2 is 2.04 bits per heavy atom. The van der Waals surface area contributed by atoms with E-state index in [4.69, 9.17) is 0 Å². The molecule has 0 atom stereocenters. The SMILES string of the molecule is CNCc1cn(C2CCN(c3ncccc3C(F)(F)F)CC2)nn1. The Labute approximate surface area is 137 Å². The van der Waals surface area contributed by atoms with Crippen molar-refractivity contribution in [1.82, 2.24) is 25.3 Å². The molecule has 0 unspecified atom stereocenters. The van der Waals surface area contributed by atoms with Crippen LogP contribution in [0.1, 0.15) is 30.1 Å². The molecular weight excluding hydrogens is 321 g/mol. The molecule has 3 heterocycles. The fraction of sp³-hybridized carbons (Fsp3) is 0.533. The summed E-state index contributed by atoms with van der Waals surface area (Å²) in [6, 6.07) is 2.55. The van der Waals surface area contributed by atoms with Gasteiger partial charge in [-0.15, -0.1) is 5.10 Å². The van der Waals surface area contributed by atoms with Gasteiger partial charge in [0.05, 0.1) is 23.5 Å². The van der Waals surface area contributed by atoms with Gasteiger partial charge in [-0.2, -0.15) is 13.2 Å². The van der Waals surface area contributed by atoms with E-state index in [1.807, 2.05) is 17.9 Å². The summed E-state index contributed by atoms with van der Waals surface area (Å²) in [5.74, 6) is 0.0120. The van der Waals surface area contributed by atoms with Crippen LogP contribution >= 0.6 is 0 Å². The Bertz CT molecular complexity index is 676. The second kappa shape index (κ2) is 6.76. The van der Waals surface area contributed by atoms with Crippen LogP contribution in [0.15, 0.2) is 24.5 Å². The predicted octanol–water partition coefficient (Wildman–Crippen LogP) is 2.25. The molecule has 0 spiro atoms. The maximum absolute atomic E-state index is 13.1. The average Bonchev–Trinajstić information content (AvgIpc) is 3.03. The zero-order valence-corrected chi connectivity index (χ0v) is 13.3. The van der Waals surface area contributed by atoms with Gasteiger partial charge < -0.3 is 10.2 Å². The van der Waals surface area contributed by atoms with Crippen LogP contribution in [0.2, 0.25) is 0 Å². The molecule has 1 aliphatic rings. The van der Waals surface area contributed by atoms with Gasteiger partial charge in [0, 0.05) is 25.8 Å². The summed E-state index contributed by atoms with van der Waals surface area (Å²) in [5.41, 5.74) is 0.171. The highest BCUT2D eigenvalue weighted by atomic mass is 19.4. The van der Waals surface area contributed by atoms with E-state index >= 15 is 0 Å². The van der Waals surface area contributed by atoms with Crippen molar-refractivity contribution in [2.24, 2.45) is 0 Å². The maximum Gasteiger partial charge on any atom is 0.419 e. The molecule has 0 bridgehead atoms. The third-order valence-corrected chi connectivity index (χ3v) is 4.15. The van der Waals surface area contributed by atoms with E-state index in [1.165, 1.54) is 12.3 Å². The van der Waals surface area contributed by atoms with Crippen molar-refractivity contribution >= 4 is 5.82 Å². The second-order valence-electron chi connectivity index (χ2n) is 5.81. The topological polar surface area (TPSA) is 58.9 Å². The molecule has 0 amide bonds. The summed E-state index contributed by atoms with van der Waals surface area (Å²) >= 11 is 0. The van der Waals surface area contributed by atoms with E-state index in [9.17, 15) is 13.2 Å². The molecule has 0 saturated carbocycles. The summed E-state index contributed by atoms with van der Waals surface area (Å²) in [6.07, 6.45) is 0.303. The van der Waals surface area contributed by atoms with Crippen LogP contribution in [0.3, 0.4) is 0 Å². The first-order valence-electron chi connectivity index (χ1n) is 7.81. The van der Waals surface area contributed by atoms with Crippen molar-refractivity contribution < 1.29 is 13.2 Å². The van der Waals surface area contributed by atoms with Crippen molar-refractivity contribution in [3.8, 4) is 0 Å². The van der Waals surface area contributed by atoms with Crippen molar-refractivity contribution in [3.63, 3.8) is 0 Å². The number of hydrogen-bond acceptors (Lipinski definition) is 5. The standard InChI is InChI=1S/C15H19F3N6/c1-19-9-11-10-24(22-21-11)12-4-7-23(8-5-12)14-13(15(16,17)18)3-2-6-20-14/h2-3,6,10,12,19H,4-5,7-9H2,1H3. The summed E-state index contributed by atoms with van der Waals surface area (Å²) in [7, 11) is 1.84. The number of pyridine rings is 1. The van der Waals surface area contributed by atoms with Crippen LogP contribution in [0, 0.1) is 0 Å². The van der Waals surface area contributed by atoms with Crippen LogP contribution in [0.4, 0.5) is 19.0 Å². The molecule has 1 N–H and O–H groups in total. The van der Waals surface area contributed by atoms with Gasteiger partial charge in [-0.1, -0.05) is 5.21 Å². The molecule has 24 heavy (non-hydrogen) atoms. The monoisotopic (exact) mass is 340 g/mol. The van der Waals surface area contributed by atoms with Gasteiger partial charge >= 0.3 is 6.18 Å². The molecule has 2 aromatic rings. The van der Waals surface area contributed by atoms with E-state index < -0.39 is 11.7 Å². The largest absolute Gasteiger partial charge is 0.419 e. The second-order valence-corrected chi connectivity index (χ2v) is 5.81. The molecule has 6 nitrogen and oxygen atoms in total. The van der Waals surface area contributed by atoms with Crippen molar-refractivity contribution in [1.29, 1.82) is 0 Å². The Kier molecular flexibility index (Phi) is 4.70. The van der Waals surface area contributed by atoms with Gasteiger partial charge in [0.2, 0.25) is 0 Å². The van der Waals surface area contributed by atoms with Crippen LogP contribution in [0.5, 0.6) is 0 Å². The highest BCUT2D eigenvalue weighted by molar-refractivity contribution is 5.48. The highest BCUT2D eigenvalue weighted by Gasteiger charge is 2.36. The molecule has 9 heteroatoms. The number of aromatic nitrogens is 4. The Morgan fingerprint density at radius 3 is 2.71 bits per heavy atom. The van der Waals surface area contributed by atoms with Gasteiger partial charge in [0.1, 0.15) is 5.82 Å². The number of rotatable bonds is 4. The smallest absolute Gasteiger partial charge is 0.356 e. The lowest BCUT2D eigenvalue weighted by molar-refractivity contribution is -0.137. The molecule has 3 rings (SSSR count). The summed E-state index contributed by atoms with van der Waals surface area (Å²) in [6.45, 7) is 1.65. The Balaban J connectivity index is 1.69. The molecule has 2 aromatic heterocycles. The number of halogens is 3. The quantitative estimate of drug-likeness (QED) is 0.925. The molecule has 1 aliphatic heterocycles. The Hall–Kier alpha value is -2.16. The minimum Gasteiger partial charge on any atom is -0.356 e. The van der Waals surface area contributed by atoms with Gasteiger partial charge in [0.25, 0.3) is 0 Å². The van der Waals surface area contributed by atoms with E-state index in [1.54, 1.807) is 4.90 Å². The van der Waals surface area contributed by atoms with E-state index in [-0.39, 0.29) is 11.9 Å². The lowest BCUT2D eigenvalue weighted by atomic mass is 10.0. The summed E-state index contributed by atoms with van der Waals surface area (Å²) in [5, 5.41) is 11.2. The van der Waals surface area contributed by atoms with Crippen LogP contribution in [-0.2, 0) is 12.7 Å². The highest BCUT2D eigenvalue weighted by Crippen LogP contribution is 2.36. The van der Waals surface area contributed by atoms with E-state index in [0.717, 1.165) is 11.8 Å². The fourth-order valence-electron chi connectivity index (χ4n) is 2.97. The number of hydrogen-bond donors (Lipinski definition) is 1. The Morgan fingerprint density at radius 1 is 1.29 bits per heavy atom. The van der Waals surface area contributed by atoms with Gasteiger partial charge in [0.15, 0.2) is 0 Å². The summed E-state index contributed by atoms with van der Waals surface area (Å²) < 4.78 is 41.2. The van der Waals surface area contributed by atoms with Crippen LogP contribution < -0.4 is 10.2 Å². The number of nitrogens with zero attached hydrogens (tertiary/aromatic N) is 5. The predicted molar refractivity (Wildman–Crippen MR) is 82.5 cm³/mol. The summed E-state index contributed by atoms with van der Waals surface area (Å²) in [4.78, 5) is 5.66. The average molecular weight is 340 g/mol. The fourth-order valence-corrected chi connectivity index (χ4v) is 2.97. The van der Waals surface area contributed by atoms with Gasteiger partial charge in [-0.05, 0) is 32.0 Å². The third-order valence-electron chi connectivity index (χ3n) is 4.15. The number of nitrogens with one attached hydrogen (secondary N) is 1. The molecular formula is C15H19F3N6. The molecule has 0 radical (unpaired) electrons. The molecule has 0 aliphatic carbocycles. The minimum absolute atomic E-state index is 0.0120. The molecule has 1 fully saturated rings. The molecule has 0 aromatic carbocycles. The number of alkyl halides is 3. The van der Waals surface area contributed by atoms with E-state index in [0.29, 0.717) is 32.5 Å². The van der Waals surface area contributed by atoms with Crippen LogP contribution in [-0.4, -0.2) is 40.1 Å². The maximum atomic E-state index is 13.1. The first-order valence-corrected chi connectivity index (χ1v) is 7.81. The first-order chi connectivity index (χ1) is 11.5. The molecule has 1 saturated heterocycles. The lowest BCUT2D eigenvalue weighted by Gasteiger charge is -2.33. The van der Waals surface area contributed by atoms with Gasteiger partial charge in [-0.3, -0.25) is 0 Å². The molecule has 130 valence electrons. The normalized spacial score (nSPS) is 16.6. The third kappa shape index (κ3) is 3.50. The van der Waals surface area contributed by atoms with Crippen molar-refractivity contribution in [2.75, 3.05) is 25.0 Å². The number of anilines is 1. The van der Waals surface area contributed by atoms with E-state index in [2.05, 4.69) is 20.6 Å². The van der Waals surface area contributed by atoms with Crippen LogP contribution in [0.25, 0.3) is 0 Å². The lowest BCUT2D eigenvalue weighted by Crippen LogP contribution is -2.36.